The van der Waals surface area contributed by atoms with Crippen LogP contribution in [0.1, 0.15) is 68.1 Å². The zero-order valence-electron chi connectivity index (χ0n) is 13.8. The molecule has 0 atom stereocenters. The average Bonchev–Trinajstić information content (AvgIpc) is 2.98. The Bertz CT molecular complexity index is 560. The summed E-state index contributed by atoms with van der Waals surface area (Å²) in [5.74, 6) is -1.21. The molecule has 0 unspecified atom stereocenters. The average molecular weight is 317 g/mol. The summed E-state index contributed by atoms with van der Waals surface area (Å²) in [6.07, 6.45) is 12.0. The standard InChI is InChI=1S/C19H27NO3/c21-17-13-15(7-8-16(17)18(22)23)20-12-11-19(14-20)9-5-3-1-2-4-6-10-19/h7-8,13,21H,1-6,9-12,14H2,(H,22,23). The number of carbonyl (C=O) groups is 1. The minimum atomic E-state index is -1.08. The normalized spacial score (nSPS) is 21.7. The lowest BCUT2D eigenvalue weighted by Crippen LogP contribution is -2.27. The number of hydrogen-bond donors (Lipinski definition) is 2. The van der Waals surface area contributed by atoms with Gasteiger partial charge >= 0.3 is 5.97 Å². The quantitative estimate of drug-likeness (QED) is 0.847. The first kappa shape index (κ1) is 16.2. The van der Waals surface area contributed by atoms with Gasteiger partial charge in [0.1, 0.15) is 11.3 Å². The Morgan fingerprint density at radius 1 is 1.00 bits per heavy atom. The third-order valence-electron chi connectivity index (χ3n) is 5.68. The molecule has 1 aromatic rings. The maximum atomic E-state index is 11.0. The molecule has 1 saturated carbocycles. The number of phenols is 1. The Hall–Kier alpha value is -1.71. The van der Waals surface area contributed by atoms with Crippen LogP contribution in [0.15, 0.2) is 18.2 Å². The maximum Gasteiger partial charge on any atom is 0.339 e. The number of rotatable bonds is 2. The van der Waals surface area contributed by atoms with Crippen molar-refractivity contribution in [3.63, 3.8) is 0 Å². The molecule has 2 fully saturated rings. The first-order valence-electron chi connectivity index (χ1n) is 8.91. The van der Waals surface area contributed by atoms with Crippen molar-refractivity contribution in [1.29, 1.82) is 0 Å². The lowest BCUT2D eigenvalue weighted by atomic mass is 9.78. The van der Waals surface area contributed by atoms with Crippen LogP contribution in [-0.2, 0) is 0 Å². The summed E-state index contributed by atoms with van der Waals surface area (Å²) in [4.78, 5) is 13.3. The summed E-state index contributed by atoms with van der Waals surface area (Å²) < 4.78 is 0. The molecule has 0 radical (unpaired) electrons. The lowest BCUT2D eigenvalue weighted by molar-refractivity contribution is 0.0694. The number of benzene rings is 1. The van der Waals surface area contributed by atoms with Crippen molar-refractivity contribution in [3.8, 4) is 5.75 Å². The zero-order valence-corrected chi connectivity index (χ0v) is 13.8. The topological polar surface area (TPSA) is 60.8 Å². The zero-order chi connectivity index (χ0) is 16.3. The van der Waals surface area contributed by atoms with Gasteiger partial charge in [0.15, 0.2) is 0 Å². The van der Waals surface area contributed by atoms with E-state index >= 15 is 0 Å². The number of hydrogen-bond acceptors (Lipinski definition) is 3. The second-order valence-electron chi connectivity index (χ2n) is 7.30. The molecule has 23 heavy (non-hydrogen) atoms. The smallest absolute Gasteiger partial charge is 0.339 e. The molecule has 1 heterocycles. The Labute approximate surface area is 138 Å². The molecule has 4 heteroatoms. The van der Waals surface area contributed by atoms with E-state index in [1.807, 2.05) is 6.07 Å². The molecule has 1 aliphatic heterocycles. The van der Waals surface area contributed by atoms with Crippen LogP contribution in [0.5, 0.6) is 5.75 Å². The molecule has 1 aromatic carbocycles. The van der Waals surface area contributed by atoms with E-state index in [1.54, 1.807) is 6.07 Å². The van der Waals surface area contributed by atoms with E-state index in [2.05, 4.69) is 4.90 Å². The third kappa shape index (κ3) is 3.62. The maximum absolute atomic E-state index is 11.0. The summed E-state index contributed by atoms with van der Waals surface area (Å²) in [7, 11) is 0. The van der Waals surface area contributed by atoms with Crippen molar-refractivity contribution in [2.45, 2.75) is 57.8 Å². The van der Waals surface area contributed by atoms with Gasteiger partial charge in [-0.3, -0.25) is 0 Å². The molecule has 0 aromatic heterocycles. The highest BCUT2D eigenvalue weighted by Gasteiger charge is 2.37. The second-order valence-corrected chi connectivity index (χ2v) is 7.30. The van der Waals surface area contributed by atoms with Crippen molar-refractivity contribution in [3.05, 3.63) is 23.8 Å². The molecule has 1 spiro atoms. The highest BCUT2D eigenvalue weighted by Crippen LogP contribution is 2.43. The molecule has 126 valence electrons. The van der Waals surface area contributed by atoms with E-state index in [0.717, 1.165) is 18.8 Å². The second kappa shape index (κ2) is 6.81. The first-order valence-corrected chi connectivity index (χ1v) is 8.91. The minimum absolute atomic E-state index is 0.0231. The molecule has 2 aliphatic rings. The van der Waals surface area contributed by atoms with Gasteiger partial charge in [0.25, 0.3) is 0 Å². The van der Waals surface area contributed by atoms with Crippen molar-refractivity contribution in [2.24, 2.45) is 5.41 Å². The number of carboxylic acids is 1. The van der Waals surface area contributed by atoms with E-state index in [4.69, 9.17) is 5.11 Å². The Balaban J connectivity index is 1.73. The number of aromatic hydroxyl groups is 1. The van der Waals surface area contributed by atoms with Gasteiger partial charge in [-0.1, -0.05) is 38.5 Å². The summed E-state index contributed by atoms with van der Waals surface area (Å²) in [5, 5.41) is 19.0. The minimum Gasteiger partial charge on any atom is -0.507 e. The Morgan fingerprint density at radius 2 is 1.65 bits per heavy atom. The molecule has 2 N–H and O–H groups in total. The van der Waals surface area contributed by atoms with E-state index in [0.29, 0.717) is 5.41 Å². The highest BCUT2D eigenvalue weighted by molar-refractivity contribution is 5.91. The van der Waals surface area contributed by atoms with Crippen molar-refractivity contribution < 1.29 is 15.0 Å². The van der Waals surface area contributed by atoms with E-state index in [1.165, 1.54) is 63.9 Å². The summed E-state index contributed by atoms with van der Waals surface area (Å²) >= 11 is 0. The van der Waals surface area contributed by atoms with E-state index < -0.39 is 5.97 Å². The molecular formula is C19H27NO3. The van der Waals surface area contributed by atoms with Crippen LogP contribution in [0.2, 0.25) is 0 Å². The molecular weight excluding hydrogens is 290 g/mol. The molecule has 0 bridgehead atoms. The van der Waals surface area contributed by atoms with Crippen LogP contribution in [0.25, 0.3) is 0 Å². The Morgan fingerprint density at radius 3 is 2.26 bits per heavy atom. The van der Waals surface area contributed by atoms with Gasteiger partial charge in [-0.05, 0) is 36.8 Å². The monoisotopic (exact) mass is 317 g/mol. The third-order valence-corrected chi connectivity index (χ3v) is 5.68. The fourth-order valence-electron chi connectivity index (χ4n) is 4.29. The van der Waals surface area contributed by atoms with Crippen molar-refractivity contribution in [1.82, 2.24) is 0 Å². The van der Waals surface area contributed by atoms with Crippen molar-refractivity contribution in [2.75, 3.05) is 18.0 Å². The number of anilines is 1. The molecule has 0 amide bonds. The number of nitrogens with zero attached hydrogens (tertiary/aromatic N) is 1. The molecule has 1 saturated heterocycles. The van der Waals surface area contributed by atoms with Crippen molar-refractivity contribution >= 4 is 11.7 Å². The van der Waals surface area contributed by atoms with Crippen LogP contribution in [0.4, 0.5) is 5.69 Å². The largest absolute Gasteiger partial charge is 0.507 e. The predicted octanol–water partition coefficient (Wildman–Crippen LogP) is 4.42. The van der Waals surface area contributed by atoms with Crippen LogP contribution in [-0.4, -0.2) is 29.3 Å². The van der Waals surface area contributed by atoms with Gasteiger partial charge in [-0.2, -0.15) is 0 Å². The van der Waals surface area contributed by atoms with Crippen LogP contribution < -0.4 is 4.90 Å². The summed E-state index contributed by atoms with van der Waals surface area (Å²) in [6, 6.07) is 4.95. The van der Waals surface area contributed by atoms with Gasteiger partial charge in [0.05, 0.1) is 0 Å². The predicted molar refractivity (Wildman–Crippen MR) is 91.3 cm³/mol. The summed E-state index contributed by atoms with van der Waals surface area (Å²) in [6.45, 7) is 2.05. The SMILES string of the molecule is O=C(O)c1ccc(N2CCC3(CCCCCCCC3)C2)cc1O. The van der Waals surface area contributed by atoms with Crippen LogP contribution in [0.3, 0.4) is 0 Å². The van der Waals surface area contributed by atoms with E-state index in [9.17, 15) is 9.90 Å². The van der Waals surface area contributed by atoms with Gasteiger partial charge in [-0.15, -0.1) is 0 Å². The molecule has 1 aliphatic carbocycles. The Kier molecular flexibility index (Phi) is 4.79. The highest BCUT2D eigenvalue weighted by atomic mass is 16.4. The fourth-order valence-corrected chi connectivity index (χ4v) is 4.29. The molecule has 3 rings (SSSR count). The van der Waals surface area contributed by atoms with Gasteiger partial charge < -0.3 is 15.1 Å². The number of aromatic carboxylic acids is 1. The first-order chi connectivity index (χ1) is 11.1. The van der Waals surface area contributed by atoms with E-state index in [-0.39, 0.29) is 11.3 Å². The lowest BCUT2D eigenvalue weighted by Gasteiger charge is -2.30. The fraction of sp³-hybridized carbons (Fsp3) is 0.632. The van der Waals surface area contributed by atoms with Gasteiger partial charge in [0.2, 0.25) is 0 Å². The van der Waals surface area contributed by atoms with Gasteiger partial charge in [0, 0.05) is 24.8 Å². The van der Waals surface area contributed by atoms with Crippen LogP contribution in [0, 0.1) is 5.41 Å². The molecule has 4 nitrogen and oxygen atoms in total. The summed E-state index contributed by atoms with van der Waals surface area (Å²) in [5.41, 5.74) is 1.35. The van der Waals surface area contributed by atoms with Gasteiger partial charge in [-0.25, -0.2) is 4.79 Å². The van der Waals surface area contributed by atoms with Crippen LogP contribution >= 0.6 is 0 Å². The number of carboxylic acid groups (broad SMARTS) is 1.